The zero-order chi connectivity index (χ0) is 14.2. The van der Waals surface area contributed by atoms with Gasteiger partial charge in [-0.25, -0.2) is 9.78 Å². The average molecular weight is 261 g/mol. The number of hydrogen-bond acceptors (Lipinski definition) is 3. The van der Waals surface area contributed by atoms with Crippen molar-refractivity contribution in [1.29, 1.82) is 0 Å². The van der Waals surface area contributed by atoms with Crippen molar-refractivity contribution in [1.82, 2.24) is 14.5 Å². The number of likely N-dealkylation sites (N-methyl/N-ethyl adjacent to an activating group) is 1. The molecule has 0 fully saturated rings. The van der Waals surface area contributed by atoms with Gasteiger partial charge in [-0.3, -0.25) is 0 Å². The fraction of sp³-hybridized carbons (Fsp3) is 0.429. The minimum atomic E-state index is -0.921. The Morgan fingerprint density at radius 2 is 2.16 bits per heavy atom. The third-order valence-corrected chi connectivity index (χ3v) is 3.51. The van der Waals surface area contributed by atoms with Crippen LogP contribution in [0.25, 0.3) is 11.0 Å². The topological polar surface area (TPSA) is 58.4 Å². The molecular weight excluding hydrogens is 242 g/mol. The molecule has 1 atom stereocenters. The van der Waals surface area contributed by atoms with Crippen molar-refractivity contribution in [3.63, 3.8) is 0 Å². The quantitative estimate of drug-likeness (QED) is 0.914. The summed E-state index contributed by atoms with van der Waals surface area (Å²) >= 11 is 0. The summed E-state index contributed by atoms with van der Waals surface area (Å²) in [6, 6.07) is 5.47. The van der Waals surface area contributed by atoms with Crippen LogP contribution < -0.4 is 0 Å². The SMILES string of the molecule is Cc1nc2cc(C(=O)O)ccc2n1CC(C)N(C)C. The third kappa shape index (κ3) is 2.61. The summed E-state index contributed by atoms with van der Waals surface area (Å²) in [5.41, 5.74) is 2.00. The second-order valence-corrected chi connectivity index (χ2v) is 5.09. The number of rotatable bonds is 4. The number of aromatic carboxylic acids is 1. The first-order chi connectivity index (χ1) is 8.90. The van der Waals surface area contributed by atoms with Gasteiger partial charge in [-0.1, -0.05) is 0 Å². The number of benzene rings is 1. The largest absolute Gasteiger partial charge is 0.478 e. The molecule has 2 aromatic rings. The molecule has 0 saturated heterocycles. The third-order valence-electron chi connectivity index (χ3n) is 3.51. The molecule has 1 heterocycles. The van der Waals surface area contributed by atoms with Gasteiger partial charge in [0.2, 0.25) is 0 Å². The van der Waals surface area contributed by atoms with Crippen molar-refractivity contribution in [2.75, 3.05) is 14.1 Å². The van der Waals surface area contributed by atoms with Crippen LogP contribution in [-0.4, -0.2) is 45.7 Å². The molecule has 0 spiro atoms. The van der Waals surface area contributed by atoms with Gasteiger partial charge in [-0.15, -0.1) is 0 Å². The standard InChI is InChI=1S/C14H19N3O2/c1-9(16(3)4)8-17-10(2)15-12-7-11(14(18)19)5-6-13(12)17/h5-7,9H,8H2,1-4H3,(H,18,19). The smallest absolute Gasteiger partial charge is 0.335 e. The highest BCUT2D eigenvalue weighted by atomic mass is 16.4. The summed E-state index contributed by atoms with van der Waals surface area (Å²) in [7, 11) is 4.09. The summed E-state index contributed by atoms with van der Waals surface area (Å²) in [5.74, 6) is -0.0120. The van der Waals surface area contributed by atoms with Crippen LogP contribution in [0.1, 0.15) is 23.1 Å². The van der Waals surface area contributed by atoms with Crippen LogP contribution >= 0.6 is 0 Å². The first kappa shape index (κ1) is 13.5. The molecule has 1 aromatic heterocycles. The predicted octanol–water partition coefficient (Wildman–Crippen LogP) is 1.99. The molecule has 0 radical (unpaired) electrons. The molecule has 5 nitrogen and oxygen atoms in total. The van der Waals surface area contributed by atoms with Gasteiger partial charge in [-0.05, 0) is 46.1 Å². The second-order valence-electron chi connectivity index (χ2n) is 5.09. The lowest BCUT2D eigenvalue weighted by Gasteiger charge is -2.21. The molecule has 5 heteroatoms. The van der Waals surface area contributed by atoms with E-state index in [1.165, 1.54) is 0 Å². The first-order valence-corrected chi connectivity index (χ1v) is 6.26. The minimum Gasteiger partial charge on any atom is -0.478 e. The molecule has 0 aliphatic heterocycles. The van der Waals surface area contributed by atoms with Gasteiger partial charge >= 0.3 is 5.97 Å². The number of nitrogens with zero attached hydrogens (tertiary/aromatic N) is 3. The summed E-state index contributed by atoms with van der Waals surface area (Å²) < 4.78 is 2.13. The zero-order valence-electron chi connectivity index (χ0n) is 11.7. The Labute approximate surface area is 112 Å². The molecule has 1 unspecified atom stereocenters. The molecule has 19 heavy (non-hydrogen) atoms. The van der Waals surface area contributed by atoms with Gasteiger partial charge in [0.25, 0.3) is 0 Å². The lowest BCUT2D eigenvalue weighted by molar-refractivity contribution is 0.0697. The van der Waals surface area contributed by atoms with Gasteiger partial charge in [0.05, 0.1) is 16.6 Å². The number of fused-ring (bicyclic) bond motifs is 1. The highest BCUT2D eigenvalue weighted by Gasteiger charge is 2.13. The van der Waals surface area contributed by atoms with Crippen LogP contribution in [-0.2, 0) is 6.54 Å². The lowest BCUT2D eigenvalue weighted by Crippen LogP contribution is -2.29. The maximum atomic E-state index is 11.0. The van der Waals surface area contributed by atoms with Crippen molar-refractivity contribution >= 4 is 17.0 Å². The maximum Gasteiger partial charge on any atom is 0.335 e. The molecule has 102 valence electrons. The van der Waals surface area contributed by atoms with E-state index in [0.717, 1.165) is 23.4 Å². The fourth-order valence-corrected chi connectivity index (χ4v) is 2.04. The molecule has 0 aliphatic rings. The van der Waals surface area contributed by atoms with Crippen molar-refractivity contribution < 1.29 is 9.90 Å². The van der Waals surface area contributed by atoms with E-state index in [4.69, 9.17) is 5.11 Å². The van der Waals surface area contributed by atoms with E-state index >= 15 is 0 Å². The Morgan fingerprint density at radius 1 is 1.47 bits per heavy atom. The number of carboxylic acid groups (broad SMARTS) is 1. The van der Waals surface area contributed by atoms with E-state index < -0.39 is 5.97 Å². The van der Waals surface area contributed by atoms with Crippen LogP contribution in [0.3, 0.4) is 0 Å². The van der Waals surface area contributed by atoms with Crippen LogP contribution in [0, 0.1) is 6.92 Å². The highest BCUT2D eigenvalue weighted by molar-refractivity contribution is 5.92. The van der Waals surface area contributed by atoms with E-state index in [1.807, 2.05) is 27.1 Å². The molecule has 0 bridgehead atoms. The normalized spacial score (nSPS) is 13.1. The van der Waals surface area contributed by atoms with Gasteiger partial charge in [0.1, 0.15) is 5.82 Å². The minimum absolute atomic E-state index is 0.276. The predicted molar refractivity (Wildman–Crippen MR) is 74.6 cm³/mol. The van der Waals surface area contributed by atoms with E-state index in [0.29, 0.717) is 6.04 Å². The molecule has 1 N–H and O–H groups in total. The first-order valence-electron chi connectivity index (χ1n) is 6.26. The maximum absolute atomic E-state index is 11.0. The Hall–Kier alpha value is -1.88. The molecular formula is C14H19N3O2. The molecule has 1 aromatic carbocycles. The Morgan fingerprint density at radius 3 is 2.74 bits per heavy atom. The van der Waals surface area contributed by atoms with E-state index in [1.54, 1.807) is 12.1 Å². The Kier molecular flexibility index (Phi) is 3.57. The van der Waals surface area contributed by atoms with Crippen molar-refractivity contribution in [2.24, 2.45) is 0 Å². The number of carbonyl (C=O) groups is 1. The van der Waals surface area contributed by atoms with E-state index in [2.05, 4.69) is 21.4 Å². The Bertz CT molecular complexity index is 616. The highest BCUT2D eigenvalue weighted by Crippen LogP contribution is 2.18. The number of hydrogen-bond donors (Lipinski definition) is 1. The van der Waals surface area contributed by atoms with Crippen LogP contribution in [0.5, 0.6) is 0 Å². The zero-order valence-corrected chi connectivity index (χ0v) is 11.7. The molecule has 0 aliphatic carbocycles. The molecule has 2 rings (SSSR count). The van der Waals surface area contributed by atoms with Crippen LogP contribution in [0.2, 0.25) is 0 Å². The number of carboxylic acids is 1. The van der Waals surface area contributed by atoms with Crippen LogP contribution in [0.4, 0.5) is 0 Å². The number of aromatic nitrogens is 2. The number of imidazole rings is 1. The van der Waals surface area contributed by atoms with E-state index in [9.17, 15) is 4.79 Å². The fourth-order valence-electron chi connectivity index (χ4n) is 2.04. The summed E-state index contributed by atoms with van der Waals surface area (Å²) in [4.78, 5) is 17.6. The van der Waals surface area contributed by atoms with E-state index in [-0.39, 0.29) is 5.56 Å². The lowest BCUT2D eigenvalue weighted by atomic mass is 10.2. The van der Waals surface area contributed by atoms with Gasteiger partial charge in [0, 0.05) is 12.6 Å². The molecule has 0 amide bonds. The molecule has 0 saturated carbocycles. The van der Waals surface area contributed by atoms with Gasteiger partial charge in [0.15, 0.2) is 0 Å². The monoisotopic (exact) mass is 261 g/mol. The van der Waals surface area contributed by atoms with Gasteiger partial charge < -0.3 is 14.6 Å². The van der Waals surface area contributed by atoms with Crippen molar-refractivity contribution in [3.8, 4) is 0 Å². The summed E-state index contributed by atoms with van der Waals surface area (Å²) in [6.45, 7) is 4.93. The van der Waals surface area contributed by atoms with Crippen LogP contribution in [0.15, 0.2) is 18.2 Å². The summed E-state index contributed by atoms with van der Waals surface area (Å²) in [6.07, 6.45) is 0. The number of aryl methyl sites for hydroxylation is 1. The van der Waals surface area contributed by atoms with Crippen molar-refractivity contribution in [2.45, 2.75) is 26.4 Å². The van der Waals surface area contributed by atoms with Crippen molar-refractivity contribution in [3.05, 3.63) is 29.6 Å². The Balaban J connectivity index is 2.45. The second kappa shape index (κ2) is 5.01. The van der Waals surface area contributed by atoms with Gasteiger partial charge in [-0.2, -0.15) is 0 Å². The summed E-state index contributed by atoms with van der Waals surface area (Å²) in [5, 5.41) is 9.00. The average Bonchev–Trinajstić information content (AvgIpc) is 2.64.